The first-order valence-corrected chi connectivity index (χ1v) is 9.23. The number of hydrogen-bond donors (Lipinski definition) is 3. The predicted octanol–water partition coefficient (Wildman–Crippen LogP) is 3.86. The summed E-state index contributed by atoms with van der Waals surface area (Å²) in [7, 11) is 0. The molecule has 1 heterocycles. The zero-order chi connectivity index (χ0) is 19.4. The van der Waals surface area contributed by atoms with Crippen LogP contribution >= 0.6 is 23.4 Å². The van der Waals surface area contributed by atoms with Gasteiger partial charge < -0.3 is 10.4 Å². The number of carboxylic acids is 1. The Bertz CT molecular complexity index is 1010. The molecular formula is C18H15ClN4O3S. The van der Waals surface area contributed by atoms with E-state index < -0.39 is 5.97 Å². The van der Waals surface area contributed by atoms with E-state index in [1.54, 1.807) is 0 Å². The number of nitrogens with zero attached hydrogens (tertiary/aromatic N) is 2. The molecule has 0 saturated heterocycles. The van der Waals surface area contributed by atoms with E-state index in [2.05, 4.69) is 20.5 Å². The molecule has 3 aromatic rings. The van der Waals surface area contributed by atoms with Crippen LogP contribution in [-0.2, 0) is 4.79 Å². The SMILES string of the molecule is Cc1cccc(-c2nc(SCC(=O)Nc3cc(C(=O)O)ccc3Cl)n[nH]2)c1. The summed E-state index contributed by atoms with van der Waals surface area (Å²) in [5.74, 6) is -0.759. The Balaban J connectivity index is 1.62. The third-order valence-electron chi connectivity index (χ3n) is 3.58. The van der Waals surface area contributed by atoms with E-state index in [9.17, 15) is 9.59 Å². The molecule has 0 radical (unpaired) electrons. The zero-order valence-corrected chi connectivity index (χ0v) is 15.8. The fourth-order valence-corrected chi connectivity index (χ4v) is 3.07. The largest absolute Gasteiger partial charge is 0.478 e. The number of nitrogens with one attached hydrogen (secondary N) is 2. The van der Waals surface area contributed by atoms with Crippen molar-refractivity contribution in [3.63, 3.8) is 0 Å². The van der Waals surface area contributed by atoms with Gasteiger partial charge in [-0.25, -0.2) is 9.78 Å². The first-order valence-electron chi connectivity index (χ1n) is 7.87. The van der Waals surface area contributed by atoms with Gasteiger partial charge in [0.1, 0.15) is 0 Å². The van der Waals surface area contributed by atoms with Crippen molar-refractivity contribution in [2.24, 2.45) is 0 Å². The average molecular weight is 403 g/mol. The van der Waals surface area contributed by atoms with Crippen molar-refractivity contribution in [1.29, 1.82) is 0 Å². The highest BCUT2D eigenvalue weighted by Gasteiger charge is 2.12. The van der Waals surface area contributed by atoms with Crippen LogP contribution in [-0.4, -0.2) is 37.9 Å². The lowest BCUT2D eigenvalue weighted by atomic mass is 10.1. The van der Waals surface area contributed by atoms with Crippen LogP contribution in [0.4, 0.5) is 5.69 Å². The van der Waals surface area contributed by atoms with E-state index in [1.807, 2.05) is 31.2 Å². The number of thioether (sulfide) groups is 1. The lowest BCUT2D eigenvalue weighted by molar-refractivity contribution is -0.113. The fourth-order valence-electron chi connectivity index (χ4n) is 2.30. The highest BCUT2D eigenvalue weighted by Crippen LogP contribution is 2.24. The van der Waals surface area contributed by atoms with Gasteiger partial charge in [-0.2, -0.15) is 0 Å². The van der Waals surface area contributed by atoms with E-state index in [1.165, 1.54) is 18.2 Å². The average Bonchev–Trinajstić information content (AvgIpc) is 3.11. The molecule has 0 aliphatic rings. The monoisotopic (exact) mass is 402 g/mol. The van der Waals surface area contributed by atoms with Gasteiger partial charge in [0.25, 0.3) is 0 Å². The van der Waals surface area contributed by atoms with Gasteiger partial charge in [-0.1, -0.05) is 47.1 Å². The maximum atomic E-state index is 12.1. The van der Waals surface area contributed by atoms with Gasteiger partial charge in [0.2, 0.25) is 11.1 Å². The smallest absolute Gasteiger partial charge is 0.335 e. The Hall–Kier alpha value is -2.84. The first kappa shape index (κ1) is 18.9. The number of H-pyrrole nitrogens is 1. The molecular weight excluding hydrogens is 388 g/mol. The minimum absolute atomic E-state index is 0.0408. The standard InChI is InChI=1S/C18H15ClN4O3S/c1-10-3-2-4-11(7-10)16-21-18(23-22-16)27-9-15(24)20-14-8-12(17(25)26)5-6-13(14)19/h2-8H,9H2,1H3,(H,20,24)(H,25,26)(H,21,22,23). The van der Waals surface area contributed by atoms with Crippen LogP contribution in [0.2, 0.25) is 5.02 Å². The first-order chi connectivity index (χ1) is 12.9. The zero-order valence-electron chi connectivity index (χ0n) is 14.2. The molecule has 9 heteroatoms. The van der Waals surface area contributed by atoms with Gasteiger partial charge in [-0.15, -0.1) is 5.10 Å². The molecule has 0 aliphatic carbocycles. The number of carbonyl (C=O) groups is 2. The second kappa shape index (κ2) is 8.24. The number of rotatable bonds is 6. The molecule has 0 aliphatic heterocycles. The Morgan fingerprint density at radius 2 is 2.07 bits per heavy atom. The van der Waals surface area contributed by atoms with Crippen LogP contribution in [0.15, 0.2) is 47.6 Å². The van der Waals surface area contributed by atoms with Crippen molar-refractivity contribution in [3.8, 4) is 11.4 Å². The summed E-state index contributed by atoms with van der Waals surface area (Å²) in [6.07, 6.45) is 0. The van der Waals surface area contributed by atoms with Crippen LogP contribution in [0, 0.1) is 6.92 Å². The van der Waals surface area contributed by atoms with Gasteiger partial charge >= 0.3 is 5.97 Å². The van der Waals surface area contributed by atoms with Crippen molar-refractivity contribution in [2.75, 3.05) is 11.1 Å². The second-order valence-electron chi connectivity index (χ2n) is 5.67. The van der Waals surface area contributed by atoms with Crippen LogP contribution in [0.3, 0.4) is 0 Å². The van der Waals surface area contributed by atoms with Crippen LogP contribution in [0.5, 0.6) is 0 Å². The van der Waals surface area contributed by atoms with E-state index in [0.29, 0.717) is 11.0 Å². The van der Waals surface area contributed by atoms with E-state index >= 15 is 0 Å². The molecule has 0 spiro atoms. The lowest BCUT2D eigenvalue weighted by Gasteiger charge is -2.07. The highest BCUT2D eigenvalue weighted by atomic mass is 35.5. The Kier molecular flexibility index (Phi) is 5.78. The van der Waals surface area contributed by atoms with Gasteiger partial charge in [-0.05, 0) is 31.2 Å². The predicted molar refractivity (Wildman–Crippen MR) is 104 cm³/mol. The minimum atomic E-state index is -1.10. The molecule has 1 amide bonds. The molecule has 2 aromatic carbocycles. The van der Waals surface area contributed by atoms with Crippen molar-refractivity contribution in [3.05, 3.63) is 58.6 Å². The van der Waals surface area contributed by atoms with Crippen molar-refractivity contribution in [1.82, 2.24) is 15.2 Å². The second-order valence-corrected chi connectivity index (χ2v) is 7.02. The number of carbonyl (C=O) groups excluding carboxylic acids is 1. The summed E-state index contributed by atoms with van der Waals surface area (Å²) >= 11 is 7.16. The van der Waals surface area contributed by atoms with Crippen LogP contribution in [0.1, 0.15) is 15.9 Å². The van der Waals surface area contributed by atoms with E-state index in [-0.39, 0.29) is 27.9 Å². The van der Waals surface area contributed by atoms with Gasteiger partial charge in [0.05, 0.1) is 22.0 Å². The van der Waals surface area contributed by atoms with Crippen molar-refractivity contribution in [2.45, 2.75) is 12.1 Å². The summed E-state index contributed by atoms with van der Waals surface area (Å²) in [6, 6.07) is 11.9. The number of aromatic amines is 1. The molecule has 0 unspecified atom stereocenters. The maximum Gasteiger partial charge on any atom is 0.335 e. The molecule has 0 bridgehead atoms. The molecule has 1 aromatic heterocycles. The number of carboxylic acid groups (broad SMARTS) is 1. The van der Waals surface area contributed by atoms with Gasteiger partial charge in [0, 0.05) is 5.56 Å². The number of benzene rings is 2. The fraction of sp³-hybridized carbons (Fsp3) is 0.111. The number of hydrogen-bond acceptors (Lipinski definition) is 5. The number of aromatic nitrogens is 3. The third kappa shape index (κ3) is 4.87. The number of anilines is 1. The molecule has 3 N–H and O–H groups in total. The third-order valence-corrected chi connectivity index (χ3v) is 4.75. The molecule has 7 nitrogen and oxygen atoms in total. The molecule has 0 atom stereocenters. The number of aryl methyl sites for hydroxylation is 1. The van der Waals surface area contributed by atoms with E-state index in [0.717, 1.165) is 22.9 Å². The molecule has 3 rings (SSSR count). The number of halogens is 1. The van der Waals surface area contributed by atoms with Crippen molar-refractivity contribution < 1.29 is 14.7 Å². The van der Waals surface area contributed by atoms with Crippen LogP contribution < -0.4 is 5.32 Å². The number of amides is 1. The molecule has 0 saturated carbocycles. The Morgan fingerprint density at radius 3 is 2.81 bits per heavy atom. The van der Waals surface area contributed by atoms with Gasteiger partial charge in [-0.3, -0.25) is 9.89 Å². The topological polar surface area (TPSA) is 108 Å². The summed E-state index contributed by atoms with van der Waals surface area (Å²) < 4.78 is 0. The summed E-state index contributed by atoms with van der Waals surface area (Å²) in [4.78, 5) is 27.5. The number of aromatic carboxylic acids is 1. The Labute approximate surface area is 164 Å². The highest BCUT2D eigenvalue weighted by molar-refractivity contribution is 7.99. The maximum absolute atomic E-state index is 12.1. The molecule has 27 heavy (non-hydrogen) atoms. The van der Waals surface area contributed by atoms with Crippen molar-refractivity contribution >= 4 is 40.9 Å². The van der Waals surface area contributed by atoms with E-state index in [4.69, 9.17) is 16.7 Å². The summed E-state index contributed by atoms with van der Waals surface area (Å²) in [5, 5.41) is 19.3. The quantitative estimate of drug-likeness (QED) is 0.540. The Morgan fingerprint density at radius 1 is 1.26 bits per heavy atom. The lowest BCUT2D eigenvalue weighted by Crippen LogP contribution is -2.15. The van der Waals surface area contributed by atoms with Crippen LogP contribution in [0.25, 0.3) is 11.4 Å². The normalized spacial score (nSPS) is 10.6. The minimum Gasteiger partial charge on any atom is -0.478 e. The summed E-state index contributed by atoms with van der Waals surface area (Å²) in [5.41, 5.74) is 2.31. The molecule has 138 valence electrons. The summed E-state index contributed by atoms with van der Waals surface area (Å²) in [6.45, 7) is 1.99. The van der Waals surface area contributed by atoms with Gasteiger partial charge in [0.15, 0.2) is 5.82 Å². The molecule has 0 fully saturated rings.